The van der Waals surface area contributed by atoms with Gasteiger partial charge < -0.3 is 5.11 Å². The maximum absolute atomic E-state index is 10.7. The molecular formula is C9H8BrClO2. The Morgan fingerprint density at radius 2 is 2.23 bits per heavy atom. The van der Waals surface area contributed by atoms with Crippen molar-refractivity contribution in [2.24, 2.45) is 0 Å². The molecule has 70 valence electrons. The van der Waals surface area contributed by atoms with Crippen LogP contribution in [0.15, 0.2) is 22.7 Å². The molecule has 0 aliphatic heterocycles. The number of rotatable bonds is 2. The molecule has 1 aromatic carbocycles. The number of aliphatic carboxylic acids is 1. The first-order valence-corrected chi connectivity index (χ1v) is 4.87. The normalized spacial score (nSPS) is 12.5. The monoisotopic (exact) mass is 262 g/mol. The predicted molar refractivity (Wildman–Crippen MR) is 55.2 cm³/mol. The van der Waals surface area contributed by atoms with E-state index in [0.29, 0.717) is 10.6 Å². The molecule has 1 atom stereocenters. The molecule has 0 saturated heterocycles. The van der Waals surface area contributed by atoms with Gasteiger partial charge in [-0.15, -0.1) is 0 Å². The third-order valence-corrected chi connectivity index (χ3v) is 2.62. The summed E-state index contributed by atoms with van der Waals surface area (Å²) in [6.07, 6.45) is 0. The van der Waals surface area contributed by atoms with E-state index in [1.54, 1.807) is 25.1 Å². The van der Waals surface area contributed by atoms with E-state index in [4.69, 9.17) is 16.7 Å². The van der Waals surface area contributed by atoms with Crippen LogP contribution >= 0.6 is 27.5 Å². The van der Waals surface area contributed by atoms with Gasteiger partial charge in [-0.1, -0.05) is 33.6 Å². The fourth-order valence-electron chi connectivity index (χ4n) is 0.986. The van der Waals surface area contributed by atoms with Crippen LogP contribution in [0.1, 0.15) is 18.4 Å². The first-order valence-electron chi connectivity index (χ1n) is 3.70. The second kappa shape index (κ2) is 4.11. The molecule has 0 bridgehead atoms. The van der Waals surface area contributed by atoms with Gasteiger partial charge in [0.15, 0.2) is 0 Å². The Morgan fingerprint density at radius 3 is 2.69 bits per heavy atom. The summed E-state index contributed by atoms with van der Waals surface area (Å²) in [5, 5.41) is 9.23. The van der Waals surface area contributed by atoms with E-state index in [1.807, 2.05) is 0 Å². The number of halogens is 2. The van der Waals surface area contributed by atoms with Crippen molar-refractivity contribution in [3.8, 4) is 0 Å². The van der Waals surface area contributed by atoms with E-state index in [2.05, 4.69) is 15.9 Å². The summed E-state index contributed by atoms with van der Waals surface area (Å²) in [4.78, 5) is 10.7. The van der Waals surface area contributed by atoms with E-state index in [0.717, 1.165) is 4.47 Å². The zero-order chi connectivity index (χ0) is 10.0. The van der Waals surface area contributed by atoms with Crippen molar-refractivity contribution in [3.63, 3.8) is 0 Å². The van der Waals surface area contributed by atoms with E-state index in [-0.39, 0.29) is 0 Å². The summed E-state index contributed by atoms with van der Waals surface area (Å²) in [5.74, 6) is -1.44. The van der Waals surface area contributed by atoms with E-state index >= 15 is 0 Å². The zero-order valence-electron chi connectivity index (χ0n) is 6.92. The van der Waals surface area contributed by atoms with Crippen molar-refractivity contribution in [2.45, 2.75) is 12.8 Å². The maximum atomic E-state index is 10.7. The van der Waals surface area contributed by atoms with Crippen molar-refractivity contribution in [1.29, 1.82) is 0 Å². The second-order valence-corrected chi connectivity index (χ2v) is 4.05. The van der Waals surface area contributed by atoms with Crippen LogP contribution in [0.3, 0.4) is 0 Å². The molecule has 0 amide bonds. The second-order valence-electron chi connectivity index (χ2n) is 2.73. The standard InChI is InChI=1S/C9H8BrClO2/c1-5(9(12)13)7-3-2-6(10)4-8(7)11/h2-5H,1H3,(H,12,13). The highest BCUT2D eigenvalue weighted by molar-refractivity contribution is 9.10. The van der Waals surface area contributed by atoms with Gasteiger partial charge in [-0.3, -0.25) is 4.79 Å². The minimum atomic E-state index is -0.871. The van der Waals surface area contributed by atoms with Crippen LogP contribution in [0.4, 0.5) is 0 Å². The molecular weight excluding hydrogens is 255 g/mol. The first-order chi connectivity index (χ1) is 6.02. The molecule has 0 radical (unpaired) electrons. The van der Waals surface area contributed by atoms with Crippen molar-refractivity contribution < 1.29 is 9.90 Å². The van der Waals surface area contributed by atoms with Crippen molar-refractivity contribution in [3.05, 3.63) is 33.3 Å². The molecule has 1 N–H and O–H groups in total. The lowest BCUT2D eigenvalue weighted by Crippen LogP contribution is -2.07. The zero-order valence-corrected chi connectivity index (χ0v) is 9.26. The Bertz CT molecular complexity index is 338. The third-order valence-electron chi connectivity index (χ3n) is 1.80. The minimum absolute atomic E-state index is 0.476. The summed E-state index contributed by atoms with van der Waals surface area (Å²) in [6, 6.07) is 5.18. The highest BCUT2D eigenvalue weighted by Crippen LogP contribution is 2.27. The van der Waals surface area contributed by atoms with Gasteiger partial charge >= 0.3 is 5.97 Å². The Balaban J connectivity index is 3.08. The summed E-state index contributed by atoms with van der Waals surface area (Å²) < 4.78 is 0.846. The number of hydrogen-bond donors (Lipinski definition) is 1. The first kappa shape index (κ1) is 10.5. The molecule has 0 aromatic heterocycles. The van der Waals surface area contributed by atoms with Crippen LogP contribution in [0.25, 0.3) is 0 Å². The van der Waals surface area contributed by atoms with Gasteiger partial charge in [-0.25, -0.2) is 0 Å². The number of carbonyl (C=O) groups is 1. The Hall–Kier alpha value is -0.540. The molecule has 0 saturated carbocycles. The molecule has 13 heavy (non-hydrogen) atoms. The van der Waals surface area contributed by atoms with Crippen molar-refractivity contribution in [2.75, 3.05) is 0 Å². The highest BCUT2D eigenvalue weighted by atomic mass is 79.9. The topological polar surface area (TPSA) is 37.3 Å². The van der Waals surface area contributed by atoms with Gasteiger partial charge in [0.1, 0.15) is 0 Å². The average Bonchev–Trinajstić information content (AvgIpc) is 2.03. The number of carboxylic acid groups (broad SMARTS) is 1. The highest BCUT2D eigenvalue weighted by Gasteiger charge is 2.16. The summed E-state index contributed by atoms with van der Waals surface area (Å²) in [6.45, 7) is 1.61. The van der Waals surface area contributed by atoms with Gasteiger partial charge in [0, 0.05) is 9.50 Å². The van der Waals surface area contributed by atoms with Gasteiger partial charge in [-0.05, 0) is 24.6 Å². The molecule has 1 aromatic rings. The number of carboxylic acids is 1. The number of benzene rings is 1. The lowest BCUT2D eigenvalue weighted by molar-refractivity contribution is -0.138. The van der Waals surface area contributed by atoms with Crippen LogP contribution < -0.4 is 0 Å². The van der Waals surface area contributed by atoms with Crippen molar-refractivity contribution >= 4 is 33.5 Å². The predicted octanol–water partition coefficient (Wildman–Crippen LogP) is 3.29. The third kappa shape index (κ3) is 2.45. The molecule has 4 heteroatoms. The van der Waals surface area contributed by atoms with Crippen LogP contribution in [0, 0.1) is 0 Å². The quantitative estimate of drug-likeness (QED) is 0.889. The molecule has 0 heterocycles. The van der Waals surface area contributed by atoms with Crippen LogP contribution in [0.5, 0.6) is 0 Å². The largest absolute Gasteiger partial charge is 0.481 e. The molecule has 1 rings (SSSR count). The Labute approximate surface area is 89.7 Å². The Kier molecular flexibility index (Phi) is 3.33. The van der Waals surface area contributed by atoms with Gasteiger partial charge in [0.05, 0.1) is 5.92 Å². The summed E-state index contributed by atoms with van der Waals surface area (Å²) in [5.41, 5.74) is 0.636. The van der Waals surface area contributed by atoms with Crippen LogP contribution in [-0.4, -0.2) is 11.1 Å². The van der Waals surface area contributed by atoms with E-state index in [9.17, 15) is 4.79 Å². The molecule has 0 aliphatic carbocycles. The molecule has 0 spiro atoms. The molecule has 1 unspecified atom stereocenters. The molecule has 2 nitrogen and oxygen atoms in total. The summed E-state index contributed by atoms with van der Waals surface area (Å²) >= 11 is 9.13. The van der Waals surface area contributed by atoms with Crippen LogP contribution in [0.2, 0.25) is 5.02 Å². The smallest absolute Gasteiger partial charge is 0.310 e. The van der Waals surface area contributed by atoms with Crippen molar-refractivity contribution in [1.82, 2.24) is 0 Å². The SMILES string of the molecule is CC(C(=O)O)c1ccc(Br)cc1Cl. The maximum Gasteiger partial charge on any atom is 0.310 e. The molecule has 0 aliphatic rings. The number of hydrogen-bond acceptors (Lipinski definition) is 1. The average molecular weight is 264 g/mol. The van der Waals surface area contributed by atoms with E-state index in [1.165, 1.54) is 0 Å². The van der Waals surface area contributed by atoms with Gasteiger partial charge in [0.25, 0.3) is 0 Å². The minimum Gasteiger partial charge on any atom is -0.481 e. The fourth-order valence-corrected chi connectivity index (χ4v) is 1.82. The van der Waals surface area contributed by atoms with Crippen LogP contribution in [-0.2, 0) is 4.79 Å². The Morgan fingerprint density at radius 1 is 1.62 bits per heavy atom. The fraction of sp³-hybridized carbons (Fsp3) is 0.222. The summed E-state index contributed by atoms with van der Waals surface area (Å²) in [7, 11) is 0. The van der Waals surface area contributed by atoms with E-state index < -0.39 is 11.9 Å². The lowest BCUT2D eigenvalue weighted by Gasteiger charge is -2.08. The van der Waals surface area contributed by atoms with Gasteiger partial charge in [-0.2, -0.15) is 0 Å². The lowest BCUT2D eigenvalue weighted by atomic mass is 10.0. The van der Waals surface area contributed by atoms with Gasteiger partial charge in [0.2, 0.25) is 0 Å². The molecule has 0 fully saturated rings.